The Morgan fingerprint density at radius 2 is 1.50 bits per heavy atom. The van der Waals surface area contributed by atoms with Crippen molar-refractivity contribution in [1.82, 2.24) is 10.2 Å². The van der Waals surface area contributed by atoms with Gasteiger partial charge < -0.3 is 19.7 Å². The van der Waals surface area contributed by atoms with Gasteiger partial charge in [0.2, 0.25) is 11.8 Å². The van der Waals surface area contributed by atoms with Gasteiger partial charge in [-0.25, -0.2) is 8.42 Å². The van der Waals surface area contributed by atoms with Crippen LogP contribution in [0.15, 0.2) is 83.8 Å². The predicted molar refractivity (Wildman–Crippen MR) is 146 cm³/mol. The number of benzene rings is 3. The van der Waals surface area contributed by atoms with Crippen LogP contribution in [-0.2, 0) is 26.2 Å². The van der Waals surface area contributed by atoms with E-state index in [1.165, 1.54) is 44.4 Å². The summed E-state index contributed by atoms with van der Waals surface area (Å²) >= 11 is 0. The third kappa shape index (κ3) is 6.44. The van der Waals surface area contributed by atoms with E-state index in [9.17, 15) is 18.0 Å². The topological polar surface area (TPSA) is 105 Å². The monoisotopic (exact) mass is 539 g/mol. The number of nitrogens with one attached hydrogen (secondary N) is 1. The number of nitrogens with zero attached hydrogens (tertiary/aromatic N) is 2. The summed E-state index contributed by atoms with van der Waals surface area (Å²) in [5.41, 5.74) is 1.03. The van der Waals surface area contributed by atoms with Gasteiger partial charge in [-0.1, -0.05) is 55.5 Å². The van der Waals surface area contributed by atoms with Crippen LogP contribution in [0.3, 0.4) is 0 Å². The third-order valence-electron chi connectivity index (χ3n) is 6.09. The zero-order valence-electron chi connectivity index (χ0n) is 22.0. The van der Waals surface area contributed by atoms with Crippen LogP contribution < -0.4 is 19.1 Å². The fraction of sp³-hybridized carbons (Fsp3) is 0.286. The number of likely N-dealkylation sites (N-methyl/N-ethyl adjacent to an activating group) is 1. The number of ether oxygens (including phenoxy) is 2. The first kappa shape index (κ1) is 28.5. The van der Waals surface area contributed by atoms with Gasteiger partial charge in [-0.05, 0) is 36.2 Å². The third-order valence-corrected chi connectivity index (χ3v) is 7.88. The lowest BCUT2D eigenvalue weighted by Gasteiger charge is -2.33. The Balaban J connectivity index is 2.09. The molecule has 202 valence electrons. The molecule has 0 aromatic heterocycles. The molecule has 3 rings (SSSR count). The van der Waals surface area contributed by atoms with Crippen molar-refractivity contribution in [3.8, 4) is 11.5 Å². The number of hydrogen-bond acceptors (Lipinski definition) is 6. The molecule has 0 aliphatic rings. The van der Waals surface area contributed by atoms with Crippen molar-refractivity contribution < 1.29 is 27.5 Å². The van der Waals surface area contributed by atoms with Gasteiger partial charge in [-0.15, -0.1) is 0 Å². The van der Waals surface area contributed by atoms with Gasteiger partial charge in [-0.2, -0.15) is 0 Å². The predicted octanol–water partition coefficient (Wildman–Crippen LogP) is 3.45. The number of carbonyl (C=O) groups is 2. The Labute approximate surface area is 224 Å². The molecule has 3 aromatic carbocycles. The van der Waals surface area contributed by atoms with E-state index in [1.807, 2.05) is 30.3 Å². The van der Waals surface area contributed by atoms with Crippen molar-refractivity contribution in [1.29, 1.82) is 0 Å². The van der Waals surface area contributed by atoms with Crippen LogP contribution in [0.4, 0.5) is 5.69 Å². The van der Waals surface area contributed by atoms with Crippen LogP contribution in [0.1, 0.15) is 18.9 Å². The molecule has 0 aliphatic carbocycles. The van der Waals surface area contributed by atoms with Gasteiger partial charge in [0.05, 0.1) is 24.8 Å². The van der Waals surface area contributed by atoms with Crippen molar-refractivity contribution in [2.75, 3.05) is 32.1 Å². The smallest absolute Gasteiger partial charge is 0.264 e. The summed E-state index contributed by atoms with van der Waals surface area (Å²) in [7, 11) is 0.257. The van der Waals surface area contributed by atoms with Gasteiger partial charge in [-0.3, -0.25) is 13.9 Å². The molecular weight excluding hydrogens is 506 g/mol. The van der Waals surface area contributed by atoms with E-state index in [4.69, 9.17) is 9.47 Å². The highest BCUT2D eigenvalue weighted by molar-refractivity contribution is 7.92. The fourth-order valence-corrected chi connectivity index (χ4v) is 5.52. The molecule has 9 nitrogen and oxygen atoms in total. The van der Waals surface area contributed by atoms with Crippen molar-refractivity contribution in [3.05, 3.63) is 84.4 Å². The summed E-state index contributed by atoms with van der Waals surface area (Å²) in [4.78, 5) is 28.1. The number of anilines is 1. The van der Waals surface area contributed by atoms with Crippen LogP contribution in [0, 0.1) is 0 Å². The Morgan fingerprint density at radius 3 is 2.05 bits per heavy atom. The zero-order valence-corrected chi connectivity index (χ0v) is 22.8. The van der Waals surface area contributed by atoms with Crippen molar-refractivity contribution >= 4 is 27.5 Å². The van der Waals surface area contributed by atoms with Crippen LogP contribution in [0.25, 0.3) is 0 Å². The molecule has 1 N–H and O–H groups in total. The Hall–Kier alpha value is -4.05. The molecular formula is C28H33N3O6S. The Kier molecular flexibility index (Phi) is 9.72. The van der Waals surface area contributed by atoms with Crippen molar-refractivity contribution in [2.24, 2.45) is 0 Å². The van der Waals surface area contributed by atoms with Gasteiger partial charge >= 0.3 is 0 Å². The standard InChI is InChI=1S/C28H33N3O6S/c1-5-24(28(33)29-2)30(19-21-12-8-6-9-13-21)27(32)20-31(38(34,35)23-14-10-7-11-15-23)22-16-17-25(36-3)26(18-22)37-4/h6-18,24H,5,19-20H2,1-4H3,(H,29,33). The minimum atomic E-state index is -4.17. The van der Waals surface area contributed by atoms with E-state index in [0.29, 0.717) is 17.9 Å². The molecule has 0 fully saturated rings. The number of carbonyl (C=O) groups excluding carboxylic acids is 2. The Morgan fingerprint density at radius 1 is 0.895 bits per heavy atom. The maximum atomic E-state index is 13.9. The van der Waals surface area contributed by atoms with E-state index >= 15 is 0 Å². The average Bonchev–Trinajstić information content (AvgIpc) is 2.95. The number of rotatable bonds is 12. The maximum absolute atomic E-state index is 13.9. The second-order valence-electron chi connectivity index (χ2n) is 8.41. The van der Waals surface area contributed by atoms with E-state index in [-0.39, 0.29) is 23.0 Å². The molecule has 0 aliphatic heterocycles. The lowest BCUT2D eigenvalue weighted by Crippen LogP contribution is -2.51. The highest BCUT2D eigenvalue weighted by atomic mass is 32.2. The molecule has 1 unspecified atom stereocenters. The summed E-state index contributed by atoms with van der Waals surface area (Å²) in [6.45, 7) is 1.40. The minimum Gasteiger partial charge on any atom is -0.493 e. The average molecular weight is 540 g/mol. The molecule has 0 heterocycles. The summed E-state index contributed by atoms with van der Waals surface area (Å²) < 4.78 is 39.4. The molecule has 0 radical (unpaired) electrons. The summed E-state index contributed by atoms with van der Waals surface area (Å²) in [6.07, 6.45) is 0.347. The molecule has 0 saturated heterocycles. The highest BCUT2D eigenvalue weighted by Gasteiger charge is 2.33. The summed E-state index contributed by atoms with van der Waals surface area (Å²) in [6, 6.07) is 21.0. The number of sulfonamides is 1. The summed E-state index contributed by atoms with van der Waals surface area (Å²) in [5, 5.41) is 2.61. The van der Waals surface area contributed by atoms with E-state index < -0.39 is 28.5 Å². The van der Waals surface area contributed by atoms with Crippen LogP contribution in [0.2, 0.25) is 0 Å². The second-order valence-corrected chi connectivity index (χ2v) is 10.3. The van der Waals surface area contributed by atoms with E-state index in [0.717, 1.165) is 9.87 Å². The molecule has 1 atom stereocenters. The molecule has 38 heavy (non-hydrogen) atoms. The molecule has 10 heteroatoms. The maximum Gasteiger partial charge on any atom is 0.264 e. The first-order valence-corrected chi connectivity index (χ1v) is 13.6. The lowest BCUT2D eigenvalue weighted by molar-refractivity contribution is -0.140. The number of amides is 2. The van der Waals surface area contributed by atoms with E-state index in [1.54, 1.807) is 37.3 Å². The van der Waals surface area contributed by atoms with Gasteiger partial charge in [0, 0.05) is 19.7 Å². The van der Waals surface area contributed by atoms with Crippen LogP contribution >= 0.6 is 0 Å². The zero-order chi connectivity index (χ0) is 27.7. The quantitative estimate of drug-likeness (QED) is 0.378. The van der Waals surface area contributed by atoms with Gasteiger partial charge in [0.15, 0.2) is 11.5 Å². The lowest BCUT2D eigenvalue weighted by atomic mass is 10.1. The largest absolute Gasteiger partial charge is 0.493 e. The number of hydrogen-bond donors (Lipinski definition) is 1. The molecule has 3 aromatic rings. The molecule has 2 amide bonds. The van der Waals surface area contributed by atoms with E-state index in [2.05, 4.69) is 5.32 Å². The van der Waals surface area contributed by atoms with Crippen molar-refractivity contribution in [3.63, 3.8) is 0 Å². The summed E-state index contributed by atoms with van der Waals surface area (Å²) in [5.74, 6) is -0.140. The first-order chi connectivity index (χ1) is 18.3. The van der Waals surface area contributed by atoms with Gasteiger partial charge in [0.25, 0.3) is 10.0 Å². The molecule has 0 saturated carbocycles. The van der Waals surface area contributed by atoms with Crippen molar-refractivity contribution in [2.45, 2.75) is 30.8 Å². The first-order valence-electron chi connectivity index (χ1n) is 12.1. The van der Waals surface area contributed by atoms with Crippen LogP contribution in [0.5, 0.6) is 11.5 Å². The Bertz CT molecular complexity index is 1330. The SMILES string of the molecule is CCC(C(=O)NC)N(Cc1ccccc1)C(=O)CN(c1ccc(OC)c(OC)c1)S(=O)(=O)c1ccccc1. The second kappa shape index (κ2) is 13.0. The normalized spacial score (nSPS) is 11.8. The number of methoxy groups -OCH3 is 2. The van der Waals surface area contributed by atoms with Crippen LogP contribution in [-0.4, -0.2) is 59.0 Å². The molecule has 0 spiro atoms. The van der Waals surface area contributed by atoms with Gasteiger partial charge in [0.1, 0.15) is 12.6 Å². The minimum absolute atomic E-state index is 0.0236. The highest BCUT2D eigenvalue weighted by Crippen LogP contribution is 2.34. The fourth-order valence-electron chi connectivity index (χ4n) is 4.09. The molecule has 0 bridgehead atoms.